The van der Waals surface area contributed by atoms with Gasteiger partial charge in [-0.05, 0) is 25.1 Å². The Hall–Kier alpha value is -2.41. The van der Waals surface area contributed by atoms with Crippen LogP contribution in [0.15, 0.2) is 30.6 Å². The molecule has 1 aromatic heterocycles. The molecule has 3 N–H and O–H groups in total. The van der Waals surface area contributed by atoms with Crippen LogP contribution in [0.5, 0.6) is 5.75 Å². The van der Waals surface area contributed by atoms with Crippen LogP contribution in [0.25, 0.3) is 0 Å². The lowest BCUT2D eigenvalue weighted by Gasteiger charge is -2.07. The molecule has 0 unspecified atom stereocenters. The van der Waals surface area contributed by atoms with Crippen LogP contribution >= 0.6 is 0 Å². The van der Waals surface area contributed by atoms with E-state index in [1.54, 1.807) is 17.1 Å². The largest absolute Gasteiger partial charge is 0.486 e. The van der Waals surface area contributed by atoms with Gasteiger partial charge in [0, 0.05) is 17.7 Å². The van der Waals surface area contributed by atoms with Gasteiger partial charge in [0.15, 0.2) is 5.75 Å². The van der Waals surface area contributed by atoms with Crippen molar-refractivity contribution in [3.05, 3.63) is 47.5 Å². The first-order valence-corrected chi connectivity index (χ1v) is 6.08. The number of carbonyl (C=O) groups excluding carboxylic acids is 1. The third kappa shape index (κ3) is 3.12. The van der Waals surface area contributed by atoms with Crippen molar-refractivity contribution in [1.29, 1.82) is 0 Å². The van der Waals surface area contributed by atoms with Gasteiger partial charge < -0.3 is 4.74 Å². The predicted octanol–water partition coefficient (Wildman–Crippen LogP) is 1.22. The number of hydrazine groups is 1. The number of benzene rings is 1. The van der Waals surface area contributed by atoms with E-state index < -0.39 is 11.7 Å². The molecule has 7 heteroatoms. The zero-order valence-corrected chi connectivity index (χ0v) is 11.0. The van der Waals surface area contributed by atoms with Crippen LogP contribution in [0.4, 0.5) is 4.39 Å². The Balaban J connectivity index is 2.10. The third-order valence-electron chi connectivity index (χ3n) is 2.77. The second-order valence-corrected chi connectivity index (χ2v) is 4.10. The van der Waals surface area contributed by atoms with E-state index in [1.165, 1.54) is 18.2 Å². The van der Waals surface area contributed by atoms with Crippen molar-refractivity contribution in [1.82, 2.24) is 15.2 Å². The standard InChI is InChI=1S/C13H15FN4O2/c1-2-18-7-11(6-16-18)20-8-10-5-9(13(19)17-15)3-4-12(10)14/h3-7H,2,8,15H2,1H3,(H,17,19). The van der Waals surface area contributed by atoms with E-state index in [9.17, 15) is 9.18 Å². The van der Waals surface area contributed by atoms with E-state index in [-0.39, 0.29) is 17.7 Å². The summed E-state index contributed by atoms with van der Waals surface area (Å²) in [6, 6.07) is 3.97. The van der Waals surface area contributed by atoms with E-state index >= 15 is 0 Å². The van der Waals surface area contributed by atoms with Gasteiger partial charge in [-0.3, -0.25) is 14.9 Å². The molecule has 0 atom stereocenters. The van der Waals surface area contributed by atoms with Crippen LogP contribution in [-0.4, -0.2) is 15.7 Å². The number of ether oxygens (including phenoxy) is 1. The molecule has 0 aliphatic rings. The second kappa shape index (κ2) is 6.16. The van der Waals surface area contributed by atoms with Gasteiger partial charge in [0.25, 0.3) is 5.91 Å². The van der Waals surface area contributed by atoms with E-state index in [0.29, 0.717) is 5.75 Å². The molecule has 1 heterocycles. The maximum atomic E-state index is 13.6. The van der Waals surface area contributed by atoms with Crippen molar-refractivity contribution in [3.8, 4) is 5.75 Å². The summed E-state index contributed by atoms with van der Waals surface area (Å²) in [5.74, 6) is 4.66. The first kappa shape index (κ1) is 14.0. The number of nitrogen functional groups attached to an aromatic ring is 1. The molecule has 0 aliphatic heterocycles. The summed E-state index contributed by atoms with van der Waals surface area (Å²) in [4.78, 5) is 11.4. The van der Waals surface area contributed by atoms with Crippen molar-refractivity contribution in [2.75, 3.05) is 0 Å². The van der Waals surface area contributed by atoms with E-state index in [2.05, 4.69) is 5.10 Å². The smallest absolute Gasteiger partial charge is 0.265 e. The molecule has 0 saturated carbocycles. The van der Waals surface area contributed by atoms with Crippen molar-refractivity contribution in [3.63, 3.8) is 0 Å². The lowest BCUT2D eigenvalue weighted by atomic mass is 10.1. The molecule has 0 saturated heterocycles. The average molecular weight is 278 g/mol. The van der Waals surface area contributed by atoms with Gasteiger partial charge >= 0.3 is 0 Å². The number of carbonyl (C=O) groups is 1. The molecule has 2 rings (SSSR count). The number of hydrogen-bond donors (Lipinski definition) is 2. The van der Waals surface area contributed by atoms with Gasteiger partial charge in [0.05, 0.1) is 12.4 Å². The number of hydrogen-bond acceptors (Lipinski definition) is 4. The topological polar surface area (TPSA) is 82.2 Å². The van der Waals surface area contributed by atoms with Crippen molar-refractivity contribution < 1.29 is 13.9 Å². The maximum Gasteiger partial charge on any atom is 0.265 e. The summed E-state index contributed by atoms with van der Waals surface area (Å²) >= 11 is 0. The Bertz CT molecular complexity index is 612. The Kier molecular flexibility index (Phi) is 4.31. The van der Waals surface area contributed by atoms with Crippen LogP contribution in [0.3, 0.4) is 0 Å². The van der Waals surface area contributed by atoms with E-state index in [4.69, 9.17) is 10.6 Å². The Labute approximate surface area is 115 Å². The lowest BCUT2D eigenvalue weighted by Crippen LogP contribution is -2.30. The van der Waals surface area contributed by atoms with E-state index in [0.717, 1.165) is 6.54 Å². The fourth-order valence-corrected chi connectivity index (χ4v) is 1.66. The number of nitrogens with one attached hydrogen (secondary N) is 1. The number of aromatic nitrogens is 2. The van der Waals surface area contributed by atoms with Gasteiger partial charge in [-0.1, -0.05) is 0 Å². The Morgan fingerprint density at radius 1 is 1.55 bits per heavy atom. The first-order chi connectivity index (χ1) is 9.63. The summed E-state index contributed by atoms with van der Waals surface area (Å²) < 4.78 is 20.8. The van der Waals surface area contributed by atoms with Crippen LogP contribution in [0.1, 0.15) is 22.8 Å². The predicted molar refractivity (Wildman–Crippen MR) is 70.3 cm³/mol. The fourth-order valence-electron chi connectivity index (χ4n) is 1.66. The molecule has 0 bridgehead atoms. The number of nitrogens with two attached hydrogens (primary N) is 1. The fraction of sp³-hybridized carbons (Fsp3) is 0.231. The minimum Gasteiger partial charge on any atom is -0.486 e. The molecule has 2 aromatic rings. The first-order valence-electron chi connectivity index (χ1n) is 6.08. The number of halogens is 1. The van der Waals surface area contributed by atoms with Crippen molar-refractivity contribution in [2.24, 2.45) is 5.84 Å². The SMILES string of the molecule is CCn1cc(OCc2cc(C(=O)NN)ccc2F)cn1. The van der Waals surface area contributed by atoms with Crippen LogP contribution < -0.4 is 16.0 Å². The highest BCUT2D eigenvalue weighted by atomic mass is 19.1. The molecule has 6 nitrogen and oxygen atoms in total. The molecule has 106 valence electrons. The molecular formula is C13H15FN4O2. The minimum absolute atomic E-state index is 0.00688. The molecule has 1 aromatic carbocycles. The van der Waals surface area contributed by atoms with Crippen molar-refractivity contribution >= 4 is 5.91 Å². The van der Waals surface area contributed by atoms with Crippen LogP contribution in [0, 0.1) is 5.82 Å². The molecule has 0 aliphatic carbocycles. The quantitative estimate of drug-likeness (QED) is 0.489. The highest BCUT2D eigenvalue weighted by Crippen LogP contribution is 2.15. The lowest BCUT2D eigenvalue weighted by molar-refractivity contribution is 0.0953. The zero-order valence-electron chi connectivity index (χ0n) is 11.0. The molecule has 0 fully saturated rings. The third-order valence-corrected chi connectivity index (χ3v) is 2.77. The average Bonchev–Trinajstić information content (AvgIpc) is 2.93. The summed E-state index contributed by atoms with van der Waals surface area (Å²) in [5, 5.41) is 4.05. The Morgan fingerprint density at radius 2 is 2.35 bits per heavy atom. The van der Waals surface area contributed by atoms with Gasteiger partial charge in [0.2, 0.25) is 0 Å². The van der Waals surface area contributed by atoms with Gasteiger partial charge in [0.1, 0.15) is 12.4 Å². The zero-order chi connectivity index (χ0) is 14.5. The molecule has 0 spiro atoms. The van der Waals surface area contributed by atoms with Crippen LogP contribution in [-0.2, 0) is 13.2 Å². The Morgan fingerprint density at radius 3 is 3.00 bits per heavy atom. The summed E-state index contributed by atoms with van der Waals surface area (Å²) in [6.45, 7) is 2.68. The molecular weight excluding hydrogens is 263 g/mol. The molecule has 1 amide bonds. The van der Waals surface area contributed by atoms with Crippen molar-refractivity contribution in [2.45, 2.75) is 20.1 Å². The monoisotopic (exact) mass is 278 g/mol. The normalized spacial score (nSPS) is 10.3. The summed E-state index contributed by atoms with van der Waals surface area (Å²) in [6.07, 6.45) is 3.27. The highest BCUT2D eigenvalue weighted by Gasteiger charge is 2.09. The van der Waals surface area contributed by atoms with E-state index in [1.807, 2.05) is 12.3 Å². The van der Waals surface area contributed by atoms with Gasteiger partial charge in [-0.25, -0.2) is 10.2 Å². The number of aryl methyl sites for hydroxylation is 1. The molecule has 0 radical (unpaired) electrons. The summed E-state index contributed by atoms with van der Waals surface area (Å²) in [5.41, 5.74) is 2.55. The molecule has 20 heavy (non-hydrogen) atoms. The van der Waals surface area contributed by atoms with Gasteiger partial charge in [-0.2, -0.15) is 5.10 Å². The maximum absolute atomic E-state index is 13.6. The van der Waals surface area contributed by atoms with Gasteiger partial charge in [-0.15, -0.1) is 0 Å². The number of rotatable bonds is 5. The van der Waals surface area contributed by atoms with Crippen LogP contribution in [0.2, 0.25) is 0 Å². The second-order valence-electron chi connectivity index (χ2n) is 4.10. The summed E-state index contributed by atoms with van der Waals surface area (Å²) in [7, 11) is 0. The highest BCUT2D eigenvalue weighted by molar-refractivity contribution is 5.93. The number of nitrogens with zero attached hydrogens (tertiary/aromatic N) is 2. The number of amides is 1. The minimum atomic E-state index is -0.481.